The summed E-state index contributed by atoms with van der Waals surface area (Å²) in [4.78, 5) is 26.7. The average molecular weight is 321 g/mol. The van der Waals surface area contributed by atoms with Gasteiger partial charge in [-0.2, -0.15) is 0 Å². The first-order valence-corrected chi connectivity index (χ1v) is 7.75. The third-order valence-corrected chi connectivity index (χ3v) is 3.97. The van der Waals surface area contributed by atoms with E-state index in [-0.39, 0.29) is 17.6 Å². The summed E-state index contributed by atoms with van der Waals surface area (Å²) in [5.41, 5.74) is -0.358. The SMILES string of the molecule is CCN(CC(C)(C)O)C1CCN(c2cccc([N+](=O)[O-])c2)C1=O. The van der Waals surface area contributed by atoms with E-state index in [4.69, 9.17) is 0 Å². The van der Waals surface area contributed by atoms with E-state index in [1.165, 1.54) is 12.1 Å². The lowest BCUT2D eigenvalue weighted by molar-refractivity contribution is -0.384. The number of non-ortho nitro benzene ring substituents is 1. The second-order valence-corrected chi connectivity index (χ2v) is 6.45. The van der Waals surface area contributed by atoms with Gasteiger partial charge in [-0.05, 0) is 32.9 Å². The molecule has 0 aliphatic carbocycles. The summed E-state index contributed by atoms with van der Waals surface area (Å²) in [5.74, 6) is -0.0726. The summed E-state index contributed by atoms with van der Waals surface area (Å²) < 4.78 is 0. The number of aliphatic hydroxyl groups is 1. The van der Waals surface area contributed by atoms with Crippen LogP contribution in [0.5, 0.6) is 0 Å². The van der Waals surface area contributed by atoms with E-state index >= 15 is 0 Å². The molecular weight excluding hydrogens is 298 g/mol. The Morgan fingerprint density at radius 3 is 2.74 bits per heavy atom. The van der Waals surface area contributed by atoms with Crippen molar-refractivity contribution in [1.29, 1.82) is 0 Å². The van der Waals surface area contributed by atoms with Gasteiger partial charge in [-0.3, -0.25) is 19.8 Å². The molecule has 0 saturated carbocycles. The average Bonchev–Trinajstić information content (AvgIpc) is 2.85. The zero-order valence-electron chi connectivity index (χ0n) is 13.7. The number of carbonyl (C=O) groups is 1. The summed E-state index contributed by atoms with van der Waals surface area (Å²) in [5, 5.41) is 20.9. The highest BCUT2D eigenvalue weighted by Gasteiger charge is 2.37. The molecule has 0 spiro atoms. The highest BCUT2D eigenvalue weighted by Crippen LogP contribution is 2.27. The number of anilines is 1. The lowest BCUT2D eigenvalue weighted by Crippen LogP contribution is -2.47. The Morgan fingerprint density at radius 2 is 2.17 bits per heavy atom. The van der Waals surface area contributed by atoms with Crippen molar-refractivity contribution in [3.8, 4) is 0 Å². The number of nitrogens with zero attached hydrogens (tertiary/aromatic N) is 3. The van der Waals surface area contributed by atoms with Crippen LogP contribution in [0.1, 0.15) is 27.2 Å². The van der Waals surface area contributed by atoms with Gasteiger partial charge in [-0.1, -0.05) is 13.0 Å². The first kappa shape index (κ1) is 17.4. The van der Waals surface area contributed by atoms with Gasteiger partial charge in [-0.15, -0.1) is 0 Å². The van der Waals surface area contributed by atoms with Gasteiger partial charge in [-0.25, -0.2) is 0 Å². The Labute approximate surface area is 135 Å². The van der Waals surface area contributed by atoms with E-state index in [0.29, 0.717) is 31.7 Å². The molecule has 0 radical (unpaired) electrons. The number of hydrogen-bond acceptors (Lipinski definition) is 5. The van der Waals surface area contributed by atoms with Crippen LogP contribution in [0.15, 0.2) is 24.3 Å². The van der Waals surface area contributed by atoms with Gasteiger partial charge < -0.3 is 10.0 Å². The number of hydrogen-bond donors (Lipinski definition) is 1. The maximum Gasteiger partial charge on any atom is 0.271 e. The molecule has 0 aromatic heterocycles. The Bertz CT molecular complexity index is 597. The first-order valence-electron chi connectivity index (χ1n) is 7.75. The van der Waals surface area contributed by atoms with Crippen molar-refractivity contribution in [2.24, 2.45) is 0 Å². The predicted octanol–water partition coefficient (Wildman–Crippen LogP) is 1.79. The molecule has 1 atom stereocenters. The fourth-order valence-electron chi connectivity index (χ4n) is 2.97. The molecule has 1 fully saturated rings. The van der Waals surface area contributed by atoms with Gasteiger partial charge in [0.2, 0.25) is 5.91 Å². The van der Waals surface area contributed by atoms with Gasteiger partial charge in [0, 0.05) is 25.2 Å². The van der Waals surface area contributed by atoms with Crippen LogP contribution in [-0.4, -0.2) is 52.1 Å². The molecular formula is C16H23N3O4. The molecule has 1 amide bonds. The first-order chi connectivity index (χ1) is 10.7. The number of nitro groups is 1. The van der Waals surface area contributed by atoms with Crippen molar-refractivity contribution in [1.82, 2.24) is 4.90 Å². The maximum absolute atomic E-state index is 12.7. The minimum absolute atomic E-state index is 0.0254. The van der Waals surface area contributed by atoms with Crippen LogP contribution in [0, 0.1) is 10.1 Å². The smallest absolute Gasteiger partial charge is 0.271 e. The van der Waals surface area contributed by atoms with Crippen LogP contribution in [0.4, 0.5) is 11.4 Å². The molecule has 1 aromatic carbocycles. The second kappa shape index (κ2) is 6.64. The van der Waals surface area contributed by atoms with Gasteiger partial charge in [0.15, 0.2) is 0 Å². The zero-order valence-corrected chi connectivity index (χ0v) is 13.7. The lowest BCUT2D eigenvalue weighted by atomic mass is 10.1. The van der Waals surface area contributed by atoms with Crippen molar-refractivity contribution >= 4 is 17.3 Å². The quantitative estimate of drug-likeness (QED) is 0.637. The van der Waals surface area contributed by atoms with Crippen LogP contribution < -0.4 is 4.90 Å². The monoisotopic (exact) mass is 321 g/mol. The largest absolute Gasteiger partial charge is 0.389 e. The van der Waals surface area contributed by atoms with Gasteiger partial charge in [0.1, 0.15) is 0 Å². The minimum Gasteiger partial charge on any atom is -0.389 e. The summed E-state index contributed by atoms with van der Waals surface area (Å²) in [7, 11) is 0. The van der Waals surface area contributed by atoms with E-state index < -0.39 is 10.5 Å². The molecule has 1 saturated heterocycles. The van der Waals surface area contributed by atoms with E-state index in [2.05, 4.69) is 0 Å². The Morgan fingerprint density at radius 1 is 1.48 bits per heavy atom. The lowest BCUT2D eigenvalue weighted by Gasteiger charge is -2.31. The van der Waals surface area contributed by atoms with Crippen molar-refractivity contribution in [3.63, 3.8) is 0 Å². The molecule has 1 heterocycles. The Balaban J connectivity index is 2.18. The van der Waals surface area contributed by atoms with Gasteiger partial charge in [0.05, 0.1) is 22.3 Å². The molecule has 0 bridgehead atoms. The molecule has 126 valence electrons. The minimum atomic E-state index is -0.880. The van der Waals surface area contributed by atoms with Crippen molar-refractivity contribution in [3.05, 3.63) is 34.4 Å². The topological polar surface area (TPSA) is 86.9 Å². The summed E-state index contributed by atoms with van der Waals surface area (Å²) in [6.45, 7) is 6.97. The highest BCUT2D eigenvalue weighted by atomic mass is 16.6. The van der Waals surface area contributed by atoms with E-state index in [9.17, 15) is 20.0 Å². The number of benzene rings is 1. The third kappa shape index (κ3) is 4.05. The zero-order chi connectivity index (χ0) is 17.2. The highest BCUT2D eigenvalue weighted by molar-refractivity contribution is 5.99. The molecule has 1 unspecified atom stereocenters. The summed E-state index contributed by atoms with van der Waals surface area (Å²) >= 11 is 0. The number of amides is 1. The van der Waals surface area contributed by atoms with Crippen LogP contribution in [0.3, 0.4) is 0 Å². The fraction of sp³-hybridized carbons (Fsp3) is 0.562. The second-order valence-electron chi connectivity index (χ2n) is 6.45. The molecule has 1 aliphatic heterocycles. The molecule has 2 rings (SSSR count). The Kier molecular flexibility index (Phi) is 5.01. The van der Waals surface area contributed by atoms with E-state index in [0.717, 1.165) is 0 Å². The summed E-state index contributed by atoms with van der Waals surface area (Å²) in [6.07, 6.45) is 0.644. The van der Waals surface area contributed by atoms with Gasteiger partial charge in [0.25, 0.3) is 5.69 Å². The maximum atomic E-state index is 12.7. The van der Waals surface area contributed by atoms with E-state index in [1.54, 1.807) is 30.9 Å². The third-order valence-electron chi connectivity index (χ3n) is 3.97. The molecule has 1 N–H and O–H groups in total. The predicted molar refractivity (Wildman–Crippen MR) is 87.4 cm³/mol. The van der Waals surface area contributed by atoms with Crippen LogP contribution >= 0.6 is 0 Å². The van der Waals surface area contributed by atoms with Crippen LogP contribution in [-0.2, 0) is 4.79 Å². The van der Waals surface area contributed by atoms with Crippen LogP contribution in [0.25, 0.3) is 0 Å². The fourth-order valence-corrected chi connectivity index (χ4v) is 2.97. The molecule has 7 heteroatoms. The van der Waals surface area contributed by atoms with Crippen LogP contribution in [0.2, 0.25) is 0 Å². The molecule has 7 nitrogen and oxygen atoms in total. The van der Waals surface area contributed by atoms with Crippen molar-refractivity contribution in [2.45, 2.75) is 38.8 Å². The number of nitro benzene ring substituents is 1. The standard InChI is InChI=1S/C16H23N3O4/c1-4-17(11-16(2,3)21)14-8-9-18(15(14)20)12-6-5-7-13(10-12)19(22)23/h5-7,10,14,21H,4,8-9,11H2,1-3H3. The molecule has 23 heavy (non-hydrogen) atoms. The molecule has 1 aliphatic rings. The van der Waals surface area contributed by atoms with Gasteiger partial charge >= 0.3 is 0 Å². The van der Waals surface area contributed by atoms with Crippen molar-refractivity contribution in [2.75, 3.05) is 24.5 Å². The summed E-state index contributed by atoms with van der Waals surface area (Å²) in [6, 6.07) is 5.83. The number of likely N-dealkylation sites (N-methyl/N-ethyl adjacent to an activating group) is 1. The van der Waals surface area contributed by atoms with Crippen molar-refractivity contribution < 1.29 is 14.8 Å². The van der Waals surface area contributed by atoms with E-state index in [1.807, 2.05) is 11.8 Å². The normalized spacial score (nSPS) is 18.7. The molecule has 1 aromatic rings. The Hall–Kier alpha value is -1.99. The number of carbonyl (C=O) groups excluding carboxylic acids is 1. The number of rotatable bonds is 6.